The first-order valence-corrected chi connectivity index (χ1v) is 9.02. The van der Waals surface area contributed by atoms with E-state index in [9.17, 15) is 0 Å². The van der Waals surface area contributed by atoms with Crippen molar-refractivity contribution in [3.05, 3.63) is 53.6 Å². The van der Waals surface area contributed by atoms with Gasteiger partial charge in [-0.3, -0.25) is 0 Å². The Morgan fingerprint density at radius 1 is 0.833 bits per heavy atom. The molecule has 0 unspecified atom stereocenters. The third-order valence-corrected chi connectivity index (χ3v) is 4.53. The highest BCUT2D eigenvalue weighted by atomic mass is 32.1. The lowest BCUT2D eigenvalue weighted by Gasteiger charge is -2.28. The molecular weight excluding hydrogens is 314 g/mol. The highest BCUT2D eigenvalue weighted by Crippen LogP contribution is 2.22. The van der Waals surface area contributed by atoms with E-state index in [4.69, 9.17) is 12.2 Å². The Labute approximate surface area is 150 Å². The second-order valence-corrected chi connectivity index (χ2v) is 6.96. The third-order valence-electron chi connectivity index (χ3n) is 4.33. The quantitative estimate of drug-likeness (QED) is 0.761. The summed E-state index contributed by atoms with van der Waals surface area (Å²) in [5.41, 5.74) is 5.79. The number of nitrogens with one attached hydrogen (secondary N) is 2. The largest absolute Gasteiger partial charge is 0.372 e. The Morgan fingerprint density at radius 3 is 2.04 bits per heavy atom. The fraction of sp³-hybridized carbons (Fsp3) is 0.350. The highest BCUT2D eigenvalue weighted by molar-refractivity contribution is 7.80. The van der Waals surface area contributed by atoms with E-state index in [0.29, 0.717) is 5.11 Å². The lowest BCUT2D eigenvalue weighted by Crippen LogP contribution is -2.29. The molecule has 1 fully saturated rings. The van der Waals surface area contributed by atoms with Crippen LogP contribution in [0.3, 0.4) is 0 Å². The van der Waals surface area contributed by atoms with E-state index in [2.05, 4.69) is 71.8 Å². The first-order chi connectivity index (χ1) is 11.6. The number of thiocarbonyl (C=S) groups is 1. The molecule has 2 aromatic rings. The van der Waals surface area contributed by atoms with Crippen LogP contribution >= 0.6 is 12.2 Å². The average Bonchev–Trinajstić information content (AvgIpc) is 2.55. The number of hydrogen-bond acceptors (Lipinski definition) is 2. The number of hydrogen-bond donors (Lipinski definition) is 2. The number of nitrogens with zero attached hydrogens (tertiary/aromatic N) is 1. The van der Waals surface area contributed by atoms with Crippen molar-refractivity contribution < 1.29 is 0 Å². The molecule has 2 N–H and O–H groups in total. The van der Waals surface area contributed by atoms with Crippen LogP contribution in [0, 0.1) is 13.8 Å². The molecule has 0 spiro atoms. The number of benzene rings is 2. The van der Waals surface area contributed by atoms with Gasteiger partial charge in [0.2, 0.25) is 0 Å². The van der Waals surface area contributed by atoms with Crippen molar-refractivity contribution >= 4 is 34.4 Å². The Kier molecular flexibility index (Phi) is 5.36. The Hall–Kier alpha value is -2.07. The molecule has 3 rings (SSSR count). The minimum absolute atomic E-state index is 0.616. The Morgan fingerprint density at radius 2 is 1.42 bits per heavy atom. The first kappa shape index (κ1) is 16.8. The average molecular weight is 340 g/mol. The van der Waals surface area contributed by atoms with Crippen LogP contribution in [0.25, 0.3) is 0 Å². The van der Waals surface area contributed by atoms with Crippen LogP contribution in [0.4, 0.5) is 17.1 Å². The summed E-state index contributed by atoms with van der Waals surface area (Å²) >= 11 is 5.43. The second kappa shape index (κ2) is 7.67. The molecule has 0 radical (unpaired) electrons. The maximum absolute atomic E-state index is 5.43. The summed E-state index contributed by atoms with van der Waals surface area (Å²) in [5.74, 6) is 0. The van der Waals surface area contributed by atoms with Crippen molar-refractivity contribution in [3.63, 3.8) is 0 Å². The maximum Gasteiger partial charge on any atom is 0.175 e. The van der Waals surface area contributed by atoms with Crippen LogP contribution in [0.5, 0.6) is 0 Å². The summed E-state index contributed by atoms with van der Waals surface area (Å²) in [6, 6.07) is 14.9. The zero-order valence-electron chi connectivity index (χ0n) is 14.4. The molecule has 0 amide bonds. The van der Waals surface area contributed by atoms with Gasteiger partial charge in [-0.2, -0.15) is 0 Å². The standard InChI is InChI=1S/C20H25N3S/c1-15-12-16(2)14-18(13-15)22-20(24)21-17-6-8-19(9-7-17)23-10-4-3-5-11-23/h6-9,12-14H,3-5,10-11H2,1-2H3,(H2,21,22,24). The van der Waals surface area contributed by atoms with Gasteiger partial charge < -0.3 is 15.5 Å². The third kappa shape index (κ3) is 4.48. The number of rotatable bonds is 3. The molecule has 1 aliphatic rings. The van der Waals surface area contributed by atoms with Gasteiger partial charge in [0.1, 0.15) is 0 Å². The highest BCUT2D eigenvalue weighted by Gasteiger charge is 2.10. The number of aryl methyl sites for hydroxylation is 2. The van der Waals surface area contributed by atoms with Crippen LogP contribution in [-0.2, 0) is 0 Å². The fourth-order valence-electron chi connectivity index (χ4n) is 3.25. The minimum Gasteiger partial charge on any atom is -0.372 e. The monoisotopic (exact) mass is 339 g/mol. The number of piperidine rings is 1. The lowest BCUT2D eigenvalue weighted by molar-refractivity contribution is 0.578. The predicted molar refractivity (Wildman–Crippen MR) is 108 cm³/mol. The van der Waals surface area contributed by atoms with Gasteiger partial charge in [0.25, 0.3) is 0 Å². The normalized spacial score (nSPS) is 14.3. The minimum atomic E-state index is 0.616. The fourth-order valence-corrected chi connectivity index (χ4v) is 3.48. The Balaban J connectivity index is 1.59. The SMILES string of the molecule is Cc1cc(C)cc(NC(=S)Nc2ccc(N3CCCCC3)cc2)c1. The Bertz CT molecular complexity index is 683. The van der Waals surface area contributed by atoms with Gasteiger partial charge in [0.15, 0.2) is 5.11 Å². The number of anilines is 3. The molecule has 24 heavy (non-hydrogen) atoms. The van der Waals surface area contributed by atoms with Gasteiger partial charge >= 0.3 is 0 Å². The molecule has 1 saturated heterocycles. The van der Waals surface area contributed by atoms with Gasteiger partial charge in [-0.1, -0.05) is 6.07 Å². The van der Waals surface area contributed by atoms with Gasteiger partial charge in [-0.25, -0.2) is 0 Å². The lowest BCUT2D eigenvalue weighted by atomic mass is 10.1. The summed E-state index contributed by atoms with van der Waals surface area (Å²) < 4.78 is 0. The topological polar surface area (TPSA) is 27.3 Å². The van der Waals surface area contributed by atoms with Crippen LogP contribution < -0.4 is 15.5 Å². The summed E-state index contributed by atoms with van der Waals surface area (Å²) in [6.07, 6.45) is 3.95. The zero-order valence-corrected chi connectivity index (χ0v) is 15.2. The molecular formula is C20H25N3S. The van der Waals surface area contributed by atoms with E-state index >= 15 is 0 Å². The van der Waals surface area contributed by atoms with Crippen molar-refractivity contribution in [2.24, 2.45) is 0 Å². The van der Waals surface area contributed by atoms with Crippen molar-refractivity contribution in [1.82, 2.24) is 0 Å². The van der Waals surface area contributed by atoms with Crippen LogP contribution in [0.15, 0.2) is 42.5 Å². The smallest absolute Gasteiger partial charge is 0.175 e. The molecule has 0 aliphatic carbocycles. The summed E-state index contributed by atoms with van der Waals surface area (Å²) in [7, 11) is 0. The molecule has 0 saturated carbocycles. The van der Waals surface area contributed by atoms with Gasteiger partial charge in [-0.15, -0.1) is 0 Å². The molecule has 0 aromatic heterocycles. The molecule has 1 aliphatic heterocycles. The van der Waals surface area contributed by atoms with Crippen LogP contribution in [0.2, 0.25) is 0 Å². The second-order valence-electron chi connectivity index (χ2n) is 6.55. The van der Waals surface area contributed by atoms with Crippen molar-refractivity contribution in [1.29, 1.82) is 0 Å². The summed E-state index contributed by atoms with van der Waals surface area (Å²) in [6.45, 7) is 6.51. The van der Waals surface area contributed by atoms with E-state index in [1.165, 1.54) is 49.2 Å². The van der Waals surface area contributed by atoms with Gasteiger partial charge in [0, 0.05) is 30.2 Å². The molecule has 2 aromatic carbocycles. The van der Waals surface area contributed by atoms with E-state index in [0.717, 1.165) is 11.4 Å². The molecule has 0 atom stereocenters. The summed E-state index contributed by atoms with van der Waals surface area (Å²) in [5, 5.41) is 7.14. The predicted octanol–water partition coefficient (Wildman–Crippen LogP) is 5.10. The first-order valence-electron chi connectivity index (χ1n) is 8.61. The van der Waals surface area contributed by atoms with Crippen LogP contribution in [-0.4, -0.2) is 18.2 Å². The molecule has 3 nitrogen and oxygen atoms in total. The molecule has 4 heteroatoms. The van der Waals surface area contributed by atoms with E-state index in [1.807, 2.05) is 0 Å². The van der Waals surface area contributed by atoms with Crippen molar-refractivity contribution in [2.45, 2.75) is 33.1 Å². The molecule has 0 bridgehead atoms. The van der Waals surface area contributed by atoms with Crippen molar-refractivity contribution in [3.8, 4) is 0 Å². The van der Waals surface area contributed by atoms with Gasteiger partial charge in [0.05, 0.1) is 0 Å². The van der Waals surface area contributed by atoms with Gasteiger partial charge in [-0.05, 0) is 92.9 Å². The van der Waals surface area contributed by atoms with E-state index in [-0.39, 0.29) is 0 Å². The summed E-state index contributed by atoms with van der Waals surface area (Å²) in [4.78, 5) is 2.46. The zero-order chi connectivity index (χ0) is 16.9. The van der Waals surface area contributed by atoms with Crippen LogP contribution in [0.1, 0.15) is 30.4 Å². The van der Waals surface area contributed by atoms with E-state index in [1.54, 1.807) is 0 Å². The maximum atomic E-state index is 5.43. The molecule has 126 valence electrons. The van der Waals surface area contributed by atoms with E-state index < -0.39 is 0 Å². The molecule has 1 heterocycles. The van der Waals surface area contributed by atoms with Crippen molar-refractivity contribution in [2.75, 3.05) is 28.6 Å².